The van der Waals surface area contributed by atoms with Gasteiger partial charge in [-0.05, 0) is 54.3 Å². The van der Waals surface area contributed by atoms with Gasteiger partial charge in [0.15, 0.2) is 0 Å². The summed E-state index contributed by atoms with van der Waals surface area (Å²) in [7, 11) is 0. The van der Waals surface area contributed by atoms with E-state index in [-0.39, 0.29) is 24.0 Å². The van der Waals surface area contributed by atoms with E-state index in [1.807, 2.05) is 12.1 Å². The second-order valence-corrected chi connectivity index (χ2v) is 7.93. The highest BCUT2D eigenvalue weighted by atomic mass is 35.5. The molecule has 2 aromatic carbocycles. The maximum absolute atomic E-state index is 13.0. The normalized spacial score (nSPS) is 12.9. The molecule has 1 aromatic heterocycles. The Morgan fingerprint density at radius 1 is 1.10 bits per heavy atom. The number of pyridine rings is 1. The van der Waals surface area contributed by atoms with Gasteiger partial charge in [0.2, 0.25) is 5.91 Å². The van der Waals surface area contributed by atoms with Gasteiger partial charge in [-0.15, -0.1) is 0 Å². The predicted octanol–water partition coefficient (Wildman–Crippen LogP) is 3.89. The van der Waals surface area contributed by atoms with Gasteiger partial charge in [0.05, 0.1) is 23.4 Å². The fourth-order valence-corrected chi connectivity index (χ4v) is 3.84. The van der Waals surface area contributed by atoms with E-state index >= 15 is 0 Å². The summed E-state index contributed by atoms with van der Waals surface area (Å²) >= 11 is 6.00. The molecule has 0 atom stereocenters. The minimum atomic E-state index is -0.258. The number of hydrogen-bond donors (Lipinski definition) is 2. The summed E-state index contributed by atoms with van der Waals surface area (Å²) in [4.78, 5) is 31.8. The highest BCUT2D eigenvalue weighted by molar-refractivity contribution is 6.30. The van der Waals surface area contributed by atoms with Crippen LogP contribution in [0, 0.1) is 0 Å². The van der Waals surface area contributed by atoms with Gasteiger partial charge in [-0.1, -0.05) is 35.9 Å². The number of phenolic OH excluding ortho intramolecular Hbond substituents is 1. The topological polar surface area (TPSA) is 82.5 Å². The van der Waals surface area contributed by atoms with E-state index in [1.54, 1.807) is 53.6 Å². The standard InChI is InChI=1S/C24H22ClN3O3/c25-19-4-1-3-17(11-19)14-27-24(31)18-13-22-21(26-15-18)5-2-10-28(22)23(30)12-16-6-8-20(29)9-7-16/h1,3-4,6-9,11,13,15,29H,2,5,10,12,14H2,(H,27,31). The summed E-state index contributed by atoms with van der Waals surface area (Å²) in [6, 6.07) is 15.6. The van der Waals surface area contributed by atoms with Gasteiger partial charge >= 0.3 is 0 Å². The van der Waals surface area contributed by atoms with Crippen molar-refractivity contribution in [2.24, 2.45) is 0 Å². The molecule has 0 fully saturated rings. The van der Waals surface area contributed by atoms with Crippen LogP contribution in [0.1, 0.15) is 33.6 Å². The van der Waals surface area contributed by atoms with E-state index in [1.165, 1.54) is 0 Å². The van der Waals surface area contributed by atoms with Gasteiger partial charge in [0.1, 0.15) is 5.75 Å². The molecule has 0 bridgehead atoms. The molecule has 158 valence electrons. The fraction of sp³-hybridized carbons (Fsp3) is 0.208. The van der Waals surface area contributed by atoms with Crippen LogP contribution in [0.4, 0.5) is 5.69 Å². The van der Waals surface area contributed by atoms with E-state index < -0.39 is 0 Å². The summed E-state index contributed by atoms with van der Waals surface area (Å²) in [5.74, 6) is -0.158. The molecule has 1 aliphatic rings. The van der Waals surface area contributed by atoms with Crippen molar-refractivity contribution in [1.82, 2.24) is 10.3 Å². The van der Waals surface area contributed by atoms with Crippen molar-refractivity contribution in [2.75, 3.05) is 11.4 Å². The van der Waals surface area contributed by atoms with Crippen LogP contribution in [0.15, 0.2) is 60.8 Å². The summed E-state index contributed by atoms with van der Waals surface area (Å²) in [6.45, 7) is 0.930. The lowest BCUT2D eigenvalue weighted by Gasteiger charge is -2.29. The Bertz CT molecular complexity index is 1120. The van der Waals surface area contributed by atoms with Gasteiger partial charge in [-0.3, -0.25) is 14.6 Å². The first-order chi connectivity index (χ1) is 15.0. The summed E-state index contributed by atoms with van der Waals surface area (Å²) in [6.07, 6.45) is 3.36. The van der Waals surface area contributed by atoms with Crippen LogP contribution in [0.5, 0.6) is 5.75 Å². The maximum Gasteiger partial charge on any atom is 0.253 e. The number of fused-ring (bicyclic) bond motifs is 1. The SMILES string of the molecule is O=C(NCc1cccc(Cl)c1)c1cnc2c(c1)N(C(=O)Cc1ccc(O)cc1)CCC2. The summed E-state index contributed by atoms with van der Waals surface area (Å²) in [5, 5.41) is 12.9. The molecule has 0 saturated heterocycles. The smallest absolute Gasteiger partial charge is 0.253 e. The van der Waals surface area contributed by atoms with Crippen LogP contribution in [0.25, 0.3) is 0 Å². The third-order valence-corrected chi connectivity index (χ3v) is 5.47. The number of anilines is 1. The Labute approximate surface area is 185 Å². The zero-order valence-corrected chi connectivity index (χ0v) is 17.6. The van der Waals surface area contributed by atoms with Crippen molar-refractivity contribution >= 4 is 29.1 Å². The largest absolute Gasteiger partial charge is 0.508 e. The summed E-state index contributed by atoms with van der Waals surface area (Å²) < 4.78 is 0. The van der Waals surface area contributed by atoms with Crippen molar-refractivity contribution in [2.45, 2.75) is 25.8 Å². The van der Waals surface area contributed by atoms with Crippen molar-refractivity contribution in [3.05, 3.63) is 88.2 Å². The molecule has 2 heterocycles. The van der Waals surface area contributed by atoms with Crippen LogP contribution in [-0.2, 0) is 24.2 Å². The molecular weight excluding hydrogens is 414 g/mol. The zero-order valence-electron chi connectivity index (χ0n) is 16.8. The Morgan fingerprint density at radius 3 is 2.68 bits per heavy atom. The number of rotatable bonds is 5. The van der Waals surface area contributed by atoms with Crippen molar-refractivity contribution in [3.63, 3.8) is 0 Å². The van der Waals surface area contributed by atoms with Crippen LogP contribution in [-0.4, -0.2) is 28.4 Å². The van der Waals surface area contributed by atoms with Gasteiger partial charge in [0.25, 0.3) is 5.91 Å². The predicted molar refractivity (Wildman–Crippen MR) is 119 cm³/mol. The van der Waals surface area contributed by atoms with E-state index in [0.717, 1.165) is 29.7 Å². The number of carbonyl (C=O) groups excluding carboxylic acids is 2. The highest BCUT2D eigenvalue weighted by Crippen LogP contribution is 2.27. The van der Waals surface area contributed by atoms with Gasteiger partial charge in [-0.2, -0.15) is 0 Å². The average Bonchev–Trinajstić information content (AvgIpc) is 2.78. The number of carbonyl (C=O) groups is 2. The Kier molecular flexibility index (Phi) is 6.18. The molecule has 2 N–H and O–H groups in total. The molecule has 7 heteroatoms. The lowest BCUT2D eigenvalue weighted by molar-refractivity contribution is -0.118. The van der Waals surface area contributed by atoms with E-state index in [4.69, 9.17) is 11.6 Å². The molecule has 0 spiro atoms. The molecule has 6 nitrogen and oxygen atoms in total. The highest BCUT2D eigenvalue weighted by Gasteiger charge is 2.25. The van der Waals surface area contributed by atoms with Crippen LogP contribution >= 0.6 is 11.6 Å². The third-order valence-electron chi connectivity index (χ3n) is 5.23. The first kappa shape index (κ1) is 20.9. The van der Waals surface area contributed by atoms with Crippen molar-refractivity contribution in [3.8, 4) is 5.75 Å². The van der Waals surface area contributed by atoms with Crippen LogP contribution in [0.3, 0.4) is 0 Å². The molecule has 31 heavy (non-hydrogen) atoms. The third kappa shape index (κ3) is 5.03. The zero-order chi connectivity index (χ0) is 21.8. The van der Waals surface area contributed by atoms with E-state index in [0.29, 0.717) is 29.4 Å². The first-order valence-electron chi connectivity index (χ1n) is 10.1. The van der Waals surface area contributed by atoms with Gasteiger partial charge in [0, 0.05) is 24.3 Å². The van der Waals surface area contributed by atoms with Crippen LogP contribution in [0.2, 0.25) is 5.02 Å². The molecule has 0 radical (unpaired) electrons. The molecule has 0 unspecified atom stereocenters. The van der Waals surface area contributed by atoms with Crippen molar-refractivity contribution in [1.29, 1.82) is 0 Å². The fourth-order valence-electron chi connectivity index (χ4n) is 3.63. The number of aromatic nitrogens is 1. The number of amides is 2. The second kappa shape index (κ2) is 9.18. The monoisotopic (exact) mass is 435 g/mol. The maximum atomic E-state index is 13.0. The number of aromatic hydroxyl groups is 1. The number of nitrogens with one attached hydrogen (secondary N) is 1. The molecule has 0 saturated carbocycles. The molecule has 4 rings (SSSR count). The second-order valence-electron chi connectivity index (χ2n) is 7.49. The Morgan fingerprint density at radius 2 is 1.90 bits per heavy atom. The number of phenols is 1. The van der Waals surface area contributed by atoms with Crippen LogP contribution < -0.4 is 10.2 Å². The number of nitrogens with zero attached hydrogens (tertiary/aromatic N) is 2. The van der Waals surface area contributed by atoms with Crippen molar-refractivity contribution < 1.29 is 14.7 Å². The van der Waals surface area contributed by atoms with E-state index in [2.05, 4.69) is 10.3 Å². The van der Waals surface area contributed by atoms with Gasteiger partial charge in [-0.25, -0.2) is 0 Å². The Balaban J connectivity index is 1.49. The molecular formula is C24H22ClN3O3. The molecule has 3 aromatic rings. The minimum Gasteiger partial charge on any atom is -0.508 e. The summed E-state index contributed by atoms with van der Waals surface area (Å²) in [5.41, 5.74) is 3.63. The minimum absolute atomic E-state index is 0.0649. The number of benzene rings is 2. The average molecular weight is 436 g/mol. The molecule has 0 aliphatic carbocycles. The molecule has 2 amide bonds. The quantitative estimate of drug-likeness (QED) is 0.636. The Hall–Kier alpha value is -3.38. The lowest BCUT2D eigenvalue weighted by atomic mass is 10.0. The van der Waals surface area contributed by atoms with Gasteiger partial charge < -0.3 is 15.3 Å². The molecule has 1 aliphatic heterocycles. The number of aryl methyl sites for hydroxylation is 1. The lowest BCUT2D eigenvalue weighted by Crippen LogP contribution is -2.37. The first-order valence-corrected chi connectivity index (χ1v) is 10.5. The number of hydrogen-bond acceptors (Lipinski definition) is 4. The number of halogens is 1. The van der Waals surface area contributed by atoms with E-state index in [9.17, 15) is 14.7 Å².